The Morgan fingerprint density at radius 2 is 1.82 bits per heavy atom. The third kappa shape index (κ3) is 2.32. The zero-order chi connectivity index (χ0) is 14.9. The quantitative estimate of drug-likeness (QED) is 0.844. The molecular weight excluding hydrogens is 278 g/mol. The van der Waals surface area contributed by atoms with Gasteiger partial charge in [0.15, 0.2) is 5.65 Å². The molecular formula is C16H21N5O. The fraction of sp³-hybridized carbons (Fsp3) is 0.562. The molecule has 0 N–H and O–H groups in total. The number of carbonyl (C=O) groups excluding carboxylic acids is 1. The largest absolute Gasteiger partial charge is 0.353 e. The van der Waals surface area contributed by atoms with Gasteiger partial charge in [-0.25, -0.2) is 4.98 Å². The number of hydrogen-bond donors (Lipinski definition) is 0. The van der Waals surface area contributed by atoms with Gasteiger partial charge in [0.25, 0.3) is 0 Å². The summed E-state index contributed by atoms with van der Waals surface area (Å²) < 4.78 is 1.87. The van der Waals surface area contributed by atoms with Gasteiger partial charge in [-0.3, -0.25) is 4.79 Å². The Balaban J connectivity index is 1.45. The monoisotopic (exact) mass is 299 g/mol. The molecule has 2 aliphatic rings. The van der Waals surface area contributed by atoms with Crippen molar-refractivity contribution in [1.29, 1.82) is 0 Å². The zero-order valence-corrected chi connectivity index (χ0v) is 12.7. The summed E-state index contributed by atoms with van der Waals surface area (Å²) in [5.74, 6) is 1.71. The lowest BCUT2D eigenvalue weighted by molar-refractivity contribution is -0.135. The van der Waals surface area contributed by atoms with Gasteiger partial charge in [0, 0.05) is 44.4 Å². The van der Waals surface area contributed by atoms with Gasteiger partial charge in [0.2, 0.25) is 5.91 Å². The van der Waals surface area contributed by atoms with Crippen LogP contribution in [0.5, 0.6) is 0 Å². The Morgan fingerprint density at radius 3 is 2.59 bits per heavy atom. The summed E-state index contributed by atoms with van der Waals surface area (Å²) in [5.41, 5.74) is 0.863. The first kappa shape index (κ1) is 13.5. The van der Waals surface area contributed by atoms with Crippen LogP contribution in [0.2, 0.25) is 0 Å². The van der Waals surface area contributed by atoms with E-state index in [4.69, 9.17) is 0 Å². The molecule has 22 heavy (non-hydrogen) atoms. The van der Waals surface area contributed by atoms with E-state index in [9.17, 15) is 4.79 Å². The van der Waals surface area contributed by atoms with Crippen LogP contribution in [0.4, 0.5) is 5.82 Å². The summed E-state index contributed by atoms with van der Waals surface area (Å²) in [4.78, 5) is 21.1. The molecule has 116 valence electrons. The van der Waals surface area contributed by atoms with Crippen molar-refractivity contribution in [1.82, 2.24) is 19.5 Å². The van der Waals surface area contributed by atoms with E-state index in [1.54, 1.807) is 6.20 Å². The van der Waals surface area contributed by atoms with E-state index in [2.05, 4.69) is 15.0 Å². The minimum atomic E-state index is 0.283. The first-order valence-electron chi connectivity index (χ1n) is 8.15. The molecule has 2 aromatic rings. The number of nitrogens with zero attached hydrogens (tertiary/aromatic N) is 5. The first-order chi connectivity index (χ1) is 10.8. The molecule has 0 spiro atoms. The molecule has 1 amide bonds. The second-order valence-corrected chi connectivity index (χ2v) is 6.20. The summed E-state index contributed by atoms with van der Waals surface area (Å²) >= 11 is 0. The Bertz CT molecular complexity index is 668. The van der Waals surface area contributed by atoms with Crippen molar-refractivity contribution in [2.45, 2.75) is 25.7 Å². The van der Waals surface area contributed by atoms with E-state index in [1.165, 1.54) is 12.8 Å². The fourth-order valence-corrected chi connectivity index (χ4v) is 3.65. The molecule has 0 unspecified atom stereocenters. The van der Waals surface area contributed by atoms with Gasteiger partial charge in [-0.2, -0.15) is 9.61 Å². The van der Waals surface area contributed by atoms with Gasteiger partial charge in [0.05, 0.1) is 6.20 Å². The van der Waals surface area contributed by atoms with Crippen LogP contribution < -0.4 is 4.90 Å². The van der Waals surface area contributed by atoms with E-state index in [0.29, 0.717) is 5.91 Å². The standard InChI is InChI=1S/C16H21N5O/c22-16(13-3-1-2-4-13)20-11-9-19(10-12-20)15-6-7-17-14-5-8-18-21(14)15/h5-8,13H,1-4,9-12H2. The number of carbonyl (C=O) groups is 1. The summed E-state index contributed by atoms with van der Waals surface area (Å²) in [5, 5.41) is 4.34. The van der Waals surface area contributed by atoms with Gasteiger partial charge in [-0.15, -0.1) is 0 Å². The Hall–Kier alpha value is -2.11. The van der Waals surface area contributed by atoms with E-state index in [-0.39, 0.29) is 5.92 Å². The van der Waals surface area contributed by atoms with E-state index >= 15 is 0 Å². The average molecular weight is 299 g/mol. The van der Waals surface area contributed by atoms with Crippen molar-refractivity contribution >= 4 is 17.4 Å². The minimum Gasteiger partial charge on any atom is -0.353 e. The molecule has 3 heterocycles. The third-order valence-electron chi connectivity index (χ3n) is 4.89. The molecule has 0 atom stereocenters. The summed E-state index contributed by atoms with van der Waals surface area (Å²) in [6.07, 6.45) is 8.18. The average Bonchev–Trinajstić information content (AvgIpc) is 3.25. The normalized spacial score (nSPS) is 20.0. The molecule has 6 heteroatoms. The van der Waals surface area contributed by atoms with Crippen molar-refractivity contribution < 1.29 is 4.79 Å². The number of fused-ring (bicyclic) bond motifs is 1. The van der Waals surface area contributed by atoms with Crippen LogP contribution in [-0.4, -0.2) is 51.6 Å². The maximum Gasteiger partial charge on any atom is 0.225 e. The maximum absolute atomic E-state index is 12.5. The molecule has 1 saturated heterocycles. The predicted octanol–water partition coefficient (Wildman–Crippen LogP) is 1.57. The molecule has 6 nitrogen and oxygen atoms in total. The maximum atomic E-state index is 12.5. The zero-order valence-electron chi connectivity index (χ0n) is 12.7. The van der Waals surface area contributed by atoms with E-state index < -0.39 is 0 Å². The lowest BCUT2D eigenvalue weighted by Gasteiger charge is -2.37. The Morgan fingerprint density at radius 1 is 1.05 bits per heavy atom. The van der Waals surface area contributed by atoms with Crippen molar-refractivity contribution in [3.8, 4) is 0 Å². The van der Waals surface area contributed by atoms with Crippen LogP contribution in [0.3, 0.4) is 0 Å². The van der Waals surface area contributed by atoms with Gasteiger partial charge in [-0.1, -0.05) is 12.8 Å². The molecule has 0 bridgehead atoms. The lowest BCUT2D eigenvalue weighted by atomic mass is 10.1. The van der Waals surface area contributed by atoms with Gasteiger partial charge >= 0.3 is 0 Å². The second kappa shape index (κ2) is 5.59. The molecule has 0 aromatic carbocycles. The molecule has 1 saturated carbocycles. The number of rotatable bonds is 2. The lowest BCUT2D eigenvalue weighted by Crippen LogP contribution is -2.50. The Kier molecular flexibility index (Phi) is 3.44. The highest BCUT2D eigenvalue weighted by Crippen LogP contribution is 2.27. The van der Waals surface area contributed by atoms with Crippen LogP contribution >= 0.6 is 0 Å². The summed E-state index contributed by atoms with van der Waals surface area (Å²) in [6, 6.07) is 3.90. The minimum absolute atomic E-state index is 0.283. The summed E-state index contributed by atoms with van der Waals surface area (Å²) in [6.45, 7) is 3.33. The van der Waals surface area contributed by atoms with Crippen molar-refractivity contribution in [2.24, 2.45) is 5.92 Å². The highest BCUT2D eigenvalue weighted by Gasteiger charge is 2.29. The molecule has 0 radical (unpaired) electrons. The number of anilines is 1. The molecule has 1 aliphatic heterocycles. The van der Waals surface area contributed by atoms with Crippen LogP contribution in [0.1, 0.15) is 25.7 Å². The van der Waals surface area contributed by atoms with E-state index in [1.807, 2.05) is 27.7 Å². The molecule has 4 rings (SSSR count). The van der Waals surface area contributed by atoms with Crippen LogP contribution in [-0.2, 0) is 4.79 Å². The van der Waals surface area contributed by atoms with Crippen molar-refractivity contribution in [2.75, 3.05) is 31.1 Å². The number of aromatic nitrogens is 3. The number of hydrogen-bond acceptors (Lipinski definition) is 4. The SMILES string of the molecule is O=C(C1CCCC1)N1CCN(c2ccnc3ccnn23)CC1. The second-order valence-electron chi connectivity index (χ2n) is 6.20. The fourth-order valence-electron chi connectivity index (χ4n) is 3.65. The van der Waals surface area contributed by atoms with Crippen LogP contribution in [0.25, 0.3) is 5.65 Å². The first-order valence-corrected chi connectivity index (χ1v) is 8.15. The molecule has 1 aliphatic carbocycles. The van der Waals surface area contributed by atoms with Crippen molar-refractivity contribution in [3.05, 3.63) is 24.5 Å². The van der Waals surface area contributed by atoms with Gasteiger partial charge in [-0.05, 0) is 18.9 Å². The number of amides is 1. The smallest absolute Gasteiger partial charge is 0.225 e. The third-order valence-corrected chi connectivity index (χ3v) is 4.89. The molecule has 2 fully saturated rings. The number of piperazine rings is 1. The Labute approximate surface area is 129 Å². The van der Waals surface area contributed by atoms with E-state index in [0.717, 1.165) is 50.5 Å². The van der Waals surface area contributed by atoms with Gasteiger partial charge in [0.1, 0.15) is 5.82 Å². The predicted molar refractivity (Wildman–Crippen MR) is 83.7 cm³/mol. The topological polar surface area (TPSA) is 53.7 Å². The van der Waals surface area contributed by atoms with Crippen LogP contribution in [0.15, 0.2) is 24.5 Å². The highest BCUT2D eigenvalue weighted by atomic mass is 16.2. The van der Waals surface area contributed by atoms with Crippen molar-refractivity contribution in [3.63, 3.8) is 0 Å². The highest BCUT2D eigenvalue weighted by molar-refractivity contribution is 5.79. The summed E-state index contributed by atoms with van der Waals surface area (Å²) in [7, 11) is 0. The molecule has 2 aromatic heterocycles. The van der Waals surface area contributed by atoms with Gasteiger partial charge < -0.3 is 9.80 Å². The van der Waals surface area contributed by atoms with Crippen LogP contribution in [0, 0.1) is 5.92 Å².